The lowest BCUT2D eigenvalue weighted by Crippen LogP contribution is -2.62. The Kier molecular flexibility index (Phi) is 7.41. The minimum Gasteiger partial charge on any atom is -0.497 e. The fraction of sp³-hybridized carbons (Fsp3) is 0.517. The number of hydrogen-bond donors (Lipinski definition) is 0. The second-order valence-corrected chi connectivity index (χ2v) is 11.0. The van der Waals surface area contributed by atoms with Gasteiger partial charge in [0.1, 0.15) is 18.0 Å². The summed E-state index contributed by atoms with van der Waals surface area (Å²) < 4.78 is 27.7. The van der Waals surface area contributed by atoms with Gasteiger partial charge in [-0.25, -0.2) is 4.79 Å². The summed E-state index contributed by atoms with van der Waals surface area (Å²) in [6.45, 7) is 8.52. The molecule has 9 heteroatoms. The molecular weight excluding hydrogens is 492 g/mol. The zero-order valence-corrected chi connectivity index (χ0v) is 22.5. The minimum absolute atomic E-state index is 0.376. The van der Waals surface area contributed by atoms with Crippen molar-refractivity contribution in [2.45, 2.75) is 66.0 Å². The minimum atomic E-state index is -1.22. The van der Waals surface area contributed by atoms with E-state index >= 15 is 0 Å². The van der Waals surface area contributed by atoms with E-state index in [1.165, 1.54) is 19.9 Å². The fourth-order valence-electron chi connectivity index (χ4n) is 6.54. The average molecular weight is 527 g/mol. The Bertz CT molecular complexity index is 1180. The third-order valence-corrected chi connectivity index (χ3v) is 7.99. The molecule has 0 spiro atoms. The van der Waals surface area contributed by atoms with Crippen LogP contribution >= 0.6 is 0 Å². The molecule has 0 aromatic heterocycles. The zero-order chi connectivity index (χ0) is 27.8. The normalized spacial score (nSPS) is 31.4. The highest BCUT2D eigenvalue weighted by atomic mass is 16.7. The Morgan fingerprint density at radius 2 is 1.66 bits per heavy atom. The van der Waals surface area contributed by atoms with E-state index in [2.05, 4.69) is 13.8 Å². The number of esters is 4. The van der Waals surface area contributed by atoms with Crippen molar-refractivity contribution in [3.05, 3.63) is 47.6 Å². The first-order valence-corrected chi connectivity index (χ1v) is 12.7. The first-order valence-electron chi connectivity index (χ1n) is 12.7. The van der Waals surface area contributed by atoms with Crippen molar-refractivity contribution in [2.24, 2.45) is 22.7 Å². The predicted octanol–water partition coefficient (Wildman–Crippen LogP) is 4.00. The lowest BCUT2D eigenvalue weighted by atomic mass is 9.47. The predicted molar refractivity (Wildman–Crippen MR) is 135 cm³/mol. The van der Waals surface area contributed by atoms with Gasteiger partial charge in [-0.15, -0.1) is 0 Å². The molecule has 0 radical (unpaired) electrons. The smallest absolute Gasteiger partial charge is 0.331 e. The van der Waals surface area contributed by atoms with Crippen molar-refractivity contribution in [1.29, 1.82) is 0 Å². The molecule has 9 nitrogen and oxygen atoms in total. The maximum absolute atomic E-state index is 13.3. The second kappa shape index (κ2) is 10.3. The molecule has 0 N–H and O–H groups in total. The summed E-state index contributed by atoms with van der Waals surface area (Å²) in [5.41, 5.74) is -0.180. The van der Waals surface area contributed by atoms with Gasteiger partial charge in [0.15, 0.2) is 0 Å². The number of rotatable bonds is 6. The summed E-state index contributed by atoms with van der Waals surface area (Å²) in [6.07, 6.45) is 3.17. The highest BCUT2D eigenvalue weighted by Crippen LogP contribution is 2.63. The Balaban J connectivity index is 1.69. The van der Waals surface area contributed by atoms with Gasteiger partial charge in [-0.05, 0) is 48.1 Å². The Labute approximate surface area is 222 Å². The number of benzene rings is 1. The van der Waals surface area contributed by atoms with Gasteiger partial charge in [-0.3, -0.25) is 14.4 Å². The molecule has 4 rings (SSSR count). The average Bonchev–Trinajstić information content (AvgIpc) is 3.14. The highest BCUT2D eigenvalue weighted by Gasteiger charge is 2.67. The summed E-state index contributed by atoms with van der Waals surface area (Å²) in [5.74, 6) is -2.75. The summed E-state index contributed by atoms with van der Waals surface area (Å²) >= 11 is 0. The van der Waals surface area contributed by atoms with Crippen molar-refractivity contribution in [1.82, 2.24) is 0 Å². The van der Waals surface area contributed by atoms with Crippen LogP contribution in [0.5, 0.6) is 5.75 Å². The highest BCUT2D eigenvalue weighted by molar-refractivity contribution is 5.87. The van der Waals surface area contributed by atoms with E-state index in [-0.39, 0.29) is 11.3 Å². The largest absolute Gasteiger partial charge is 0.497 e. The van der Waals surface area contributed by atoms with E-state index in [4.69, 9.17) is 23.7 Å². The number of cyclic esters (lactones) is 1. The summed E-state index contributed by atoms with van der Waals surface area (Å²) in [4.78, 5) is 50.1. The van der Waals surface area contributed by atoms with E-state index in [0.29, 0.717) is 24.2 Å². The molecule has 1 aromatic rings. The molecule has 3 aliphatic rings. The third-order valence-electron chi connectivity index (χ3n) is 7.99. The summed E-state index contributed by atoms with van der Waals surface area (Å²) in [6, 6.07) is 7.20. The van der Waals surface area contributed by atoms with E-state index in [1.807, 2.05) is 19.1 Å². The van der Waals surface area contributed by atoms with E-state index in [0.717, 1.165) is 5.56 Å². The Morgan fingerprint density at radius 3 is 2.26 bits per heavy atom. The monoisotopic (exact) mass is 526 g/mol. The topological polar surface area (TPSA) is 114 Å². The van der Waals surface area contributed by atoms with Gasteiger partial charge in [-0.2, -0.15) is 0 Å². The first kappa shape index (κ1) is 27.4. The maximum Gasteiger partial charge on any atom is 0.331 e. The number of carbonyl (C=O) groups excluding carboxylic acids is 4. The molecule has 2 fully saturated rings. The molecule has 1 aliphatic heterocycles. The standard InChI is InChI=1S/C29H34O9/c1-16(30)35-21-15-20-24(26(33)38-27(20)36-17(2)31)29(5)22(13-14-28(3,4)25(21)29)37-23(32)12-9-18-7-10-19(34-6)11-8-18/h7-12,15,21-22,24-25,27H,13-14H2,1-6H3/b12-9+/t21-,22+,24+,25-,27-,29+/m0/s1. The van der Waals surface area contributed by atoms with Crippen LogP contribution < -0.4 is 4.74 Å². The molecule has 1 heterocycles. The molecular formula is C29H34O9. The summed E-state index contributed by atoms with van der Waals surface area (Å²) in [7, 11) is 1.58. The van der Waals surface area contributed by atoms with Gasteiger partial charge in [-0.1, -0.05) is 32.9 Å². The molecule has 0 unspecified atom stereocenters. The summed E-state index contributed by atoms with van der Waals surface area (Å²) in [5, 5.41) is 0. The van der Waals surface area contributed by atoms with Crippen LogP contribution in [0, 0.1) is 22.7 Å². The van der Waals surface area contributed by atoms with Gasteiger partial charge in [0.2, 0.25) is 0 Å². The fourth-order valence-corrected chi connectivity index (χ4v) is 6.54. The maximum atomic E-state index is 13.3. The van der Waals surface area contributed by atoms with Crippen molar-refractivity contribution in [3.63, 3.8) is 0 Å². The van der Waals surface area contributed by atoms with Crippen molar-refractivity contribution in [3.8, 4) is 5.75 Å². The molecule has 38 heavy (non-hydrogen) atoms. The lowest BCUT2D eigenvalue weighted by molar-refractivity contribution is -0.198. The van der Waals surface area contributed by atoms with Crippen molar-refractivity contribution < 1.29 is 42.9 Å². The Hall–Kier alpha value is -3.62. The Morgan fingerprint density at radius 1 is 1.00 bits per heavy atom. The van der Waals surface area contributed by atoms with Crippen LogP contribution in [0.25, 0.3) is 6.08 Å². The van der Waals surface area contributed by atoms with Crippen LogP contribution in [-0.2, 0) is 38.1 Å². The van der Waals surface area contributed by atoms with Crippen molar-refractivity contribution >= 4 is 30.0 Å². The molecule has 0 bridgehead atoms. The van der Waals surface area contributed by atoms with E-state index in [1.54, 1.807) is 31.4 Å². The van der Waals surface area contributed by atoms with Gasteiger partial charge >= 0.3 is 23.9 Å². The van der Waals surface area contributed by atoms with Gasteiger partial charge in [0.05, 0.1) is 13.0 Å². The zero-order valence-electron chi connectivity index (χ0n) is 22.5. The van der Waals surface area contributed by atoms with Crippen LogP contribution in [0.15, 0.2) is 42.0 Å². The quantitative estimate of drug-likeness (QED) is 0.235. The van der Waals surface area contributed by atoms with Gasteiger partial charge in [0.25, 0.3) is 6.29 Å². The van der Waals surface area contributed by atoms with Gasteiger partial charge < -0.3 is 23.7 Å². The number of fused-ring (bicyclic) bond motifs is 3. The molecule has 204 valence electrons. The molecule has 1 saturated heterocycles. The number of carbonyl (C=O) groups is 4. The van der Waals surface area contributed by atoms with Crippen LogP contribution in [0.4, 0.5) is 0 Å². The van der Waals surface area contributed by atoms with Crippen LogP contribution in [0.1, 0.15) is 53.0 Å². The molecule has 6 atom stereocenters. The van der Waals surface area contributed by atoms with Crippen LogP contribution in [0.3, 0.4) is 0 Å². The van der Waals surface area contributed by atoms with E-state index < -0.39 is 53.7 Å². The number of methoxy groups -OCH3 is 1. The number of hydrogen-bond acceptors (Lipinski definition) is 9. The van der Waals surface area contributed by atoms with Crippen molar-refractivity contribution in [2.75, 3.05) is 7.11 Å². The van der Waals surface area contributed by atoms with Gasteiger partial charge in [0, 0.05) is 36.8 Å². The second-order valence-electron chi connectivity index (χ2n) is 11.0. The first-order chi connectivity index (χ1) is 17.9. The third kappa shape index (κ3) is 5.06. The molecule has 1 aromatic carbocycles. The van der Waals surface area contributed by atoms with Crippen LogP contribution in [-0.4, -0.2) is 49.5 Å². The molecule has 1 saturated carbocycles. The lowest BCUT2D eigenvalue weighted by Gasteiger charge is -2.59. The SMILES string of the molecule is COc1ccc(/C=C/C(=O)O[C@@H]2CCC(C)(C)[C@@H]3[C@@H](OC(C)=O)C=C4[C@@H](OC(C)=O)OC(=O)[C@@H]4[C@@]23C)cc1. The van der Waals surface area contributed by atoms with E-state index in [9.17, 15) is 19.2 Å². The van der Waals surface area contributed by atoms with Crippen LogP contribution in [0.2, 0.25) is 0 Å². The number of ether oxygens (including phenoxy) is 5. The molecule has 0 amide bonds. The molecule has 2 aliphatic carbocycles.